The lowest BCUT2D eigenvalue weighted by atomic mass is 10.1. The Morgan fingerprint density at radius 1 is 1.08 bits per heavy atom. The number of hydrogen-bond acceptors (Lipinski definition) is 7. The molecule has 1 aliphatic heterocycles. The van der Waals surface area contributed by atoms with Gasteiger partial charge in [-0.1, -0.05) is 12.1 Å². The fraction of sp³-hybridized carbons (Fsp3) is 0.296. The van der Waals surface area contributed by atoms with Crippen LogP contribution < -0.4 is 15.4 Å². The minimum atomic E-state index is -0.262. The number of ether oxygens (including phenoxy) is 2. The molecule has 9 nitrogen and oxygen atoms in total. The molecule has 1 amide bonds. The largest absolute Gasteiger partial charge is 0.457 e. The molecular weight excluding hydrogens is 456 g/mol. The van der Waals surface area contributed by atoms with Crippen molar-refractivity contribution in [2.75, 3.05) is 45.2 Å². The summed E-state index contributed by atoms with van der Waals surface area (Å²) in [7, 11) is 3.55. The highest BCUT2D eigenvalue weighted by molar-refractivity contribution is 5.92. The van der Waals surface area contributed by atoms with Gasteiger partial charge in [-0.3, -0.25) is 14.7 Å². The normalized spacial score (nSPS) is 14.1. The van der Waals surface area contributed by atoms with Crippen LogP contribution >= 0.6 is 0 Å². The molecule has 1 aliphatic rings. The van der Waals surface area contributed by atoms with Gasteiger partial charge in [0.15, 0.2) is 0 Å². The van der Waals surface area contributed by atoms with E-state index in [1.807, 2.05) is 29.8 Å². The Labute approximate surface area is 210 Å². The lowest BCUT2D eigenvalue weighted by Crippen LogP contribution is -2.37. The SMILES string of the molecule is CNC(=O)c1cc(Oc2ccc3c(c2)nc(Nc2cccc(CCN4CCOCC4)c2)n3C)ccn1. The monoisotopic (exact) mass is 486 g/mol. The second kappa shape index (κ2) is 10.8. The van der Waals surface area contributed by atoms with Gasteiger partial charge in [-0.25, -0.2) is 4.98 Å². The van der Waals surface area contributed by atoms with Crippen molar-refractivity contribution in [1.29, 1.82) is 0 Å². The van der Waals surface area contributed by atoms with Gasteiger partial charge >= 0.3 is 0 Å². The predicted molar refractivity (Wildman–Crippen MR) is 139 cm³/mol. The molecule has 186 valence electrons. The lowest BCUT2D eigenvalue weighted by molar-refractivity contribution is 0.0384. The summed E-state index contributed by atoms with van der Waals surface area (Å²) in [6, 6.07) is 17.6. The summed E-state index contributed by atoms with van der Waals surface area (Å²) in [6.07, 6.45) is 2.55. The van der Waals surface area contributed by atoms with Crippen LogP contribution in [0.1, 0.15) is 16.1 Å². The molecule has 0 saturated carbocycles. The molecule has 2 N–H and O–H groups in total. The topological polar surface area (TPSA) is 93.5 Å². The first-order valence-electron chi connectivity index (χ1n) is 12.1. The maximum absolute atomic E-state index is 11.9. The van der Waals surface area contributed by atoms with Crippen molar-refractivity contribution in [1.82, 2.24) is 24.8 Å². The number of carbonyl (C=O) groups is 1. The second-order valence-corrected chi connectivity index (χ2v) is 8.73. The summed E-state index contributed by atoms with van der Waals surface area (Å²) in [5.41, 5.74) is 4.38. The van der Waals surface area contributed by atoms with E-state index >= 15 is 0 Å². The van der Waals surface area contributed by atoms with Crippen LogP contribution in [0.5, 0.6) is 11.5 Å². The highest BCUT2D eigenvalue weighted by Gasteiger charge is 2.13. The van der Waals surface area contributed by atoms with Gasteiger partial charge in [0.05, 0.1) is 24.2 Å². The number of imidazole rings is 1. The molecule has 5 rings (SSSR count). The summed E-state index contributed by atoms with van der Waals surface area (Å²) in [6.45, 7) is 4.67. The number of carbonyl (C=O) groups excluding carboxylic acids is 1. The Balaban J connectivity index is 1.29. The van der Waals surface area contributed by atoms with E-state index in [1.54, 1.807) is 25.4 Å². The number of pyridine rings is 1. The smallest absolute Gasteiger partial charge is 0.269 e. The number of amides is 1. The Bertz CT molecular complexity index is 1360. The third-order valence-corrected chi connectivity index (χ3v) is 6.28. The van der Waals surface area contributed by atoms with Crippen molar-refractivity contribution < 1.29 is 14.3 Å². The van der Waals surface area contributed by atoms with Crippen molar-refractivity contribution in [3.63, 3.8) is 0 Å². The van der Waals surface area contributed by atoms with E-state index in [9.17, 15) is 4.79 Å². The number of morpholine rings is 1. The lowest BCUT2D eigenvalue weighted by Gasteiger charge is -2.26. The zero-order chi connectivity index (χ0) is 24.9. The van der Waals surface area contributed by atoms with E-state index in [0.29, 0.717) is 17.2 Å². The van der Waals surface area contributed by atoms with E-state index in [0.717, 1.165) is 61.9 Å². The van der Waals surface area contributed by atoms with Gasteiger partial charge in [0, 0.05) is 57.7 Å². The van der Waals surface area contributed by atoms with Crippen molar-refractivity contribution in [3.05, 3.63) is 72.1 Å². The van der Waals surface area contributed by atoms with Gasteiger partial charge < -0.3 is 24.7 Å². The van der Waals surface area contributed by atoms with Crippen LogP contribution in [0.2, 0.25) is 0 Å². The van der Waals surface area contributed by atoms with Gasteiger partial charge in [-0.2, -0.15) is 0 Å². The molecular formula is C27H30N6O3. The molecule has 3 heterocycles. The number of fused-ring (bicyclic) bond motifs is 1. The number of nitrogens with zero attached hydrogens (tertiary/aromatic N) is 4. The van der Waals surface area contributed by atoms with Gasteiger partial charge in [0.1, 0.15) is 17.2 Å². The zero-order valence-electron chi connectivity index (χ0n) is 20.5. The number of aromatic nitrogens is 3. The van der Waals surface area contributed by atoms with Crippen LogP contribution in [0.4, 0.5) is 11.6 Å². The van der Waals surface area contributed by atoms with E-state index in [-0.39, 0.29) is 5.91 Å². The molecule has 0 bridgehead atoms. The maximum Gasteiger partial charge on any atom is 0.269 e. The van der Waals surface area contributed by atoms with Crippen LogP contribution in [0, 0.1) is 0 Å². The van der Waals surface area contributed by atoms with E-state index in [2.05, 4.69) is 44.8 Å². The predicted octanol–water partition coefficient (Wildman–Crippen LogP) is 3.74. The van der Waals surface area contributed by atoms with E-state index in [4.69, 9.17) is 14.5 Å². The summed E-state index contributed by atoms with van der Waals surface area (Å²) in [4.78, 5) is 23.2. The first kappa shape index (κ1) is 23.8. The fourth-order valence-electron chi connectivity index (χ4n) is 4.26. The Morgan fingerprint density at radius 3 is 2.75 bits per heavy atom. The van der Waals surface area contributed by atoms with Crippen LogP contribution in [-0.2, 0) is 18.2 Å². The Hall–Kier alpha value is -3.95. The minimum absolute atomic E-state index is 0.262. The van der Waals surface area contributed by atoms with Crippen LogP contribution in [-0.4, -0.2) is 65.2 Å². The molecule has 36 heavy (non-hydrogen) atoms. The molecule has 0 atom stereocenters. The molecule has 1 fully saturated rings. The number of hydrogen-bond donors (Lipinski definition) is 2. The molecule has 4 aromatic rings. The first-order chi connectivity index (χ1) is 17.6. The van der Waals surface area contributed by atoms with Gasteiger partial charge in [-0.05, 0) is 42.3 Å². The fourth-order valence-corrected chi connectivity index (χ4v) is 4.26. The van der Waals surface area contributed by atoms with Crippen LogP contribution in [0.3, 0.4) is 0 Å². The Kier molecular flexibility index (Phi) is 7.11. The third-order valence-electron chi connectivity index (χ3n) is 6.28. The molecule has 0 radical (unpaired) electrons. The van der Waals surface area contributed by atoms with Gasteiger partial charge in [0.25, 0.3) is 5.91 Å². The quantitative estimate of drug-likeness (QED) is 0.392. The molecule has 9 heteroatoms. The molecule has 0 spiro atoms. The number of rotatable bonds is 8. The first-order valence-corrected chi connectivity index (χ1v) is 12.1. The second-order valence-electron chi connectivity index (χ2n) is 8.73. The Morgan fingerprint density at radius 2 is 1.92 bits per heavy atom. The van der Waals surface area contributed by atoms with Gasteiger partial charge in [0.2, 0.25) is 5.95 Å². The number of benzene rings is 2. The summed E-state index contributed by atoms with van der Waals surface area (Å²) >= 11 is 0. The molecule has 0 unspecified atom stereocenters. The van der Waals surface area contributed by atoms with E-state index < -0.39 is 0 Å². The number of nitrogens with one attached hydrogen (secondary N) is 2. The highest BCUT2D eigenvalue weighted by Crippen LogP contribution is 2.28. The summed E-state index contributed by atoms with van der Waals surface area (Å²) in [5.74, 6) is 1.65. The van der Waals surface area contributed by atoms with Crippen molar-refractivity contribution >= 4 is 28.6 Å². The van der Waals surface area contributed by atoms with Crippen molar-refractivity contribution in [3.8, 4) is 11.5 Å². The van der Waals surface area contributed by atoms with Crippen molar-refractivity contribution in [2.24, 2.45) is 7.05 Å². The maximum atomic E-state index is 11.9. The molecule has 2 aromatic carbocycles. The molecule has 1 saturated heterocycles. The van der Waals surface area contributed by atoms with Crippen molar-refractivity contribution in [2.45, 2.75) is 6.42 Å². The molecule has 2 aromatic heterocycles. The molecule has 0 aliphatic carbocycles. The zero-order valence-corrected chi connectivity index (χ0v) is 20.5. The highest BCUT2D eigenvalue weighted by atomic mass is 16.5. The van der Waals surface area contributed by atoms with Crippen LogP contribution in [0.15, 0.2) is 60.8 Å². The number of anilines is 2. The average molecular weight is 487 g/mol. The average Bonchev–Trinajstić information content (AvgIpc) is 3.22. The van der Waals surface area contributed by atoms with E-state index in [1.165, 1.54) is 5.56 Å². The standard InChI is InChI=1S/C27H30N6O3/c1-28-26(34)24-18-22(8-10-29-24)36-21-6-7-25-23(17-21)31-27(32(25)2)30-20-5-3-4-19(16-20)9-11-33-12-14-35-15-13-33/h3-8,10,16-18H,9,11-15H2,1-2H3,(H,28,34)(H,30,31). The third kappa shape index (κ3) is 5.48. The summed E-state index contributed by atoms with van der Waals surface area (Å²) < 4.78 is 13.4. The number of aryl methyl sites for hydroxylation is 1. The summed E-state index contributed by atoms with van der Waals surface area (Å²) in [5, 5.41) is 6.03. The van der Waals surface area contributed by atoms with Crippen LogP contribution in [0.25, 0.3) is 11.0 Å². The minimum Gasteiger partial charge on any atom is -0.457 e. The van der Waals surface area contributed by atoms with Gasteiger partial charge in [-0.15, -0.1) is 0 Å².